The van der Waals surface area contributed by atoms with Crippen molar-refractivity contribution in [3.8, 4) is 5.75 Å². The van der Waals surface area contributed by atoms with Gasteiger partial charge in [0.05, 0.1) is 24.9 Å². The van der Waals surface area contributed by atoms with Crippen LogP contribution in [0.25, 0.3) is 0 Å². The highest BCUT2D eigenvalue weighted by Crippen LogP contribution is 2.24. The fraction of sp³-hybridized carbons (Fsp3) is 0.476. The molecule has 1 aromatic heterocycles. The van der Waals surface area contributed by atoms with Crippen LogP contribution in [0.2, 0.25) is 0 Å². The number of thiazole rings is 1. The van der Waals surface area contributed by atoms with Gasteiger partial charge in [0.15, 0.2) is 5.96 Å². The highest BCUT2D eigenvalue weighted by atomic mass is 32.1. The third-order valence-electron chi connectivity index (χ3n) is 4.18. The fourth-order valence-corrected chi connectivity index (χ4v) is 3.74. The Morgan fingerprint density at radius 3 is 2.72 bits per heavy atom. The smallest absolute Gasteiger partial charge is 0.350 e. The molecule has 29 heavy (non-hydrogen) atoms. The first-order valence-electron chi connectivity index (χ1n) is 9.82. The number of rotatable bonds is 9. The molecular weight excluding hydrogens is 388 g/mol. The number of carbonyl (C=O) groups excluding carboxylic acids is 1. The van der Waals surface area contributed by atoms with E-state index < -0.39 is 0 Å². The zero-order valence-electron chi connectivity index (χ0n) is 17.7. The minimum atomic E-state index is -0.323. The number of nitrogens with one attached hydrogen (secondary N) is 2. The molecule has 7 nitrogen and oxygen atoms in total. The maximum atomic E-state index is 12.0. The highest BCUT2D eigenvalue weighted by Gasteiger charge is 2.20. The van der Waals surface area contributed by atoms with Crippen molar-refractivity contribution in [3.05, 3.63) is 45.4 Å². The quantitative estimate of drug-likeness (QED) is 0.368. The molecule has 0 spiro atoms. The van der Waals surface area contributed by atoms with Gasteiger partial charge in [-0.1, -0.05) is 18.2 Å². The first-order chi connectivity index (χ1) is 14.0. The van der Waals surface area contributed by atoms with Crippen molar-refractivity contribution in [3.63, 3.8) is 0 Å². The van der Waals surface area contributed by atoms with Gasteiger partial charge in [0.25, 0.3) is 0 Å². The Bertz CT molecular complexity index is 835. The zero-order chi connectivity index (χ0) is 21.2. The zero-order valence-corrected chi connectivity index (χ0v) is 18.6. The second-order valence-corrected chi connectivity index (χ2v) is 7.37. The summed E-state index contributed by atoms with van der Waals surface area (Å²) in [4.78, 5) is 21.4. The molecule has 2 rings (SSSR count). The van der Waals surface area contributed by atoms with Gasteiger partial charge in [-0.05, 0) is 45.7 Å². The lowest BCUT2D eigenvalue weighted by atomic mass is 10.1. The van der Waals surface area contributed by atoms with Crippen LogP contribution in [0.5, 0.6) is 5.75 Å². The van der Waals surface area contributed by atoms with Gasteiger partial charge in [-0.15, -0.1) is 11.3 Å². The van der Waals surface area contributed by atoms with Gasteiger partial charge in [-0.2, -0.15) is 0 Å². The van der Waals surface area contributed by atoms with Gasteiger partial charge in [0.2, 0.25) is 0 Å². The van der Waals surface area contributed by atoms with Gasteiger partial charge in [0.1, 0.15) is 15.6 Å². The van der Waals surface area contributed by atoms with Crippen molar-refractivity contribution in [2.75, 3.05) is 26.8 Å². The van der Waals surface area contributed by atoms with Crippen molar-refractivity contribution < 1.29 is 14.3 Å². The number of aromatic nitrogens is 1. The number of aliphatic imine (C=N–C) groups is 1. The number of benzene rings is 1. The SMILES string of the molecule is CCOC(=O)c1sc(C(C)NC(=NC)NCCc2ccccc2OCC)nc1C. The van der Waals surface area contributed by atoms with E-state index in [0.717, 1.165) is 22.7 Å². The van der Waals surface area contributed by atoms with Gasteiger partial charge >= 0.3 is 5.97 Å². The van der Waals surface area contributed by atoms with Gasteiger partial charge in [-0.25, -0.2) is 9.78 Å². The Morgan fingerprint density at radius 2 is 2.03 bits per heavy atom. The van der Waals surface area contributed by atoms with Crippen LogP contribution in [-0.4, -0.2) is 43.7 Å². The number of hydrogen-bond donors (Lipinski definition) is 2. The number of aryl methyl sites for hydroxylation is 1. The summed E-state index contributed by atoms with van der Waals surface area (Å²) in [6.07, 6.45) is 0.814. The second-order valence-electron chi connectivity index (χ2n) is 6.34. The average molecular weight is 419 g/mol. The van der Waals surface area contributed by atoms with Crippen molar-refractivity contribution >= 4 is 23.3 Å². The summed E-state index contributed by atoms with van der Waals surface area (Å²) < 4.78 is 10.8. The normalized spacial score (nSPS) is 12.4. The molecular formula is C21H30N4O3S. The lowest BCUT2D eigenvalue weighted by Gasteiger charge is -2.17. The van der Waals surface area contributed by atoms with Crippen LogP contribution < -0.4 is 15.4 Å². The van der Waals surface area contributed by atoms with Crippen LogP contribution in [-0.2, 0) is 11.2 Å². The minimum absolute atomic E-state index is 0.0937. The molecule has 0 aliphatic rings. The largest absolute Gasteiger partial charge is 0.494 e. The fourth-order valence-electron chi connectivity index (χ4n) is 2.77. The van der Waals surface area contributed by atoms with E-state index in [9.17, 15) is 4.79 Å². The maximum Gasteiger partial charge on any atom is 0.350 e. The Kier molecular flexibility index (Phi) is 8.92. The summed E-state index contributed by atoms with van der Waals surface area (Å²) in [5, 5.41) is 7.46. The summed E-state index contributed by atoms with van der Waals surface area (Å²) in [6.45, 7) is 9.29. The summed E-state index contributed by atoms with van der Waals surface area (Å²) in [7, 11) is 1.73. The number of ether oxygens (including phenoxy) is 2. The molecule has 0 aliphatic heterocycles. The van der Waals surface area contributed by atoms with E-state index in [1.807, 2.05) is 39.0 Å². The molecule has 1 unspecified atom stereocenters. The van der Waals surface area contributed by atoms with Crippen molar-refractivity contribution in [1.29, 1.82) is 0 Å². The first kappa shape index (κ1) is 22.7. The molecule has 1 atom stereocenters. The molecule has 0 bridgehead atoms. The van der Waals surface area contributed by atoms with E-state index >= 15 is 0 Å². The second kappa shape index (κ2) is 11.4. The van der Waals surface area contributed by atoms with Crippen LogP contribution >= 0.6 is 11.3 Å². The lowest BCUT2D eigenvalue weighted by Crippen LogP contribution is -2.39. The molecule has 0 aliphatic carbocycles. The van der Waals surface area contributed by atoms with Crippen LogP contribution in [0.1, 0.15) is 52.7 Å². The van der Waals surface area contributed by atoms with Crippen molar-refractivity contribution in [1.82, 2.24) is 15.6 Å². The predicted molar refractivity (Wildman–Crippen MR) is 117 cm³/mol. The van der Waals surface area contributed by atoms with Crippen LogP contribution in [0.4, 0.5) is 0 Å². The molecule has 0 fully saturated rings. The summed E-state index contributed by atoms with van der Waals surface area (Å²) in [5.41, 5.74) is 1.84. The molecule has 2 aromatic rings. The lowest BCUT2D eigenvalue weighted by molar-refractivity contribution is 0.0531. The van der Waals surface area contributed by atoms with E-state index in [0.29, 0.717) is 36.3 Å². The average Bonchev–Trinajstić information content (AvgIpc) is 3.10. The van der Waals surface area contributed by atoms with E-state index in [2.05, 4.69) is 26.7 Å². The van der Waals surface area contributed by atoms with E-state index in [4.69, 9.17) is 9.47 Å². The third-order valence-corrected chi connectivity index (χ3v) is 5.50. The number of hydrogen-bond acceptors (Lipinski definition) is 6. The van der Waals surface area contributed by atoms with Crippen LogP contribution in [0.15, 0.2) is 29.3 Å². The van der Waals surface area contributed by atoms with Crippen molar-refractivity contribution in [2.45, 2.75) is 40.2 Å². The van der Waals surface area contributed by atoms with Gasteiger partial charge < -0.3 is 20.1 Å². The summed E-state index contributed by atoms with van der Waals surface area (Å²) in [6, 6.07) is 7.95. The molecule has 1 heterocycles. The molecule has 0 amide bonds. The minimum Gasteiger partial charge on any atom is -0.494 e. The Labute approximate surface area is 176 Å². The topological polar surface area (TPSA) is 84.8 Å². The molecule has 0 saturated carbocycles. The number of carbonyl (C=O) groups is 1. The number of esters is 1. The van der Waals surface area contributed by atoms with E-state index in [1.54, 1.807) is 14.0 Å². The summed E-state index contributed by atoms with van der Waals surface area (Å²) in [5.74, 6) is 1.27. The van der Waals surface area contributed by atoms with Gasteiger partial charge in [0, 0.05) is 13.6 Å². The maximum absolute atomic E-state index is 12.0. The number of guanidine groups is 1. The molecule has 0 radical (unpaired) electrons. The number of para-hydroxylation sites is 1. The highest BCUT2D eigenvalue weighted by molar-refractivity contribution is 7.13. The predicted octanol–water partition coefficient (Wildman–Crippen LogP) is 3.50. The molecule has 0 saturated heterocycles. The Balaban J connectivity index is 1.93. The number of nitrogens with zero attached hydrogens (tertiary/aromatic N) is 2. The van der Waals surface area contributed by atoms with Crippen LogP contribution in [0, 0.1) is 6.92 Å². The van der Waals surface area contributed by atoms with Crippen molar-refractivity contribution in [2.24, 2.45) is 4.99 Å². The van der Waals surface area contributed by atoms with Gasteiger partial charge in [-0.3, -0.25) is 4.99 Å². The molecule has 1 aromatic carbocycles. The first-order valence-corrected chi connectivity index (χ1v) is 10.6. The van der Waals surface area contributed by atoms with E-state index in [1.165, 1.54) is 11.3 Å². The standard InChI is InChI=1S/C21H30N4O3S/c1-6-27-17-11-9-8-10-16(17)12-13-23-21(22-5)25-15(4)19-24-14(3)18(29-19)20(26)28-7-2/h8-11,15H,6-7,12-13H2,1-5H3,(H2,22,23,25). The molecule has 8 heteroatoms. The molecule has 158 valence electrons. The third kappa shape index (κ3) is 6.45. The Hall–Kier alpha value is -2.61. The molecule has 2 N–H and O–H groups in total. The van der Waals surface area contributed by atoms with E-state index in [-0.39, 0.29) is 12.0 Å². The van der Waals surface area contributed by atoms with Crippen LogP contribution in [0.3, 0.4) is 0 Å². The Morgan fingerprint density at radius 1 is 1.28 bits per heavy atom. The monoisotopic (exact) mass is 418 g/mol. The summed E-state index contributed by atoms with van der Waals surface area (Å²) >= 11 is 1.35.